The Morgan fingerprint density at radius 1 is 1.00 bits per heavy atom. The molecule has 0 rings (SSSR count). The first-order valence-electron chi connectivity index (χ1n) is 7.26. The molecule has 0 spiro atoms. The van der Waals surface area contributed by atoms with Crippen LogP contribution in [0.3, 0.4) is 0 Å². The van der Waals surface area contributed by atoms with E-state index in [1.807, 2.05) is 0 Å². The smallest absolute Gasteiger partial charge is 0.258 e. The molecule has 0 atom stereocenters. The van der Waals surface area contributed by atoms with Gasteiger partial charge in [-0.25, -0.2) is 0 Å². The van der Waals surface area contributed by atoms with Crippen LogP contribution in [0.5, 0.6) is 0 Å². The van der Waals surface area contributed by atoms with Crippen molar-refractivity contribution in [2.75, 3.05) is 7.11 Å². The normalized spacial score (nSPS) is 11.4. The van der Waals surface area contributed by atoms with Gasteiger partial charge in [-0.1, -0.05) is 59.8 Å². The molecule has 0 aliphatic rings. The van der Waals surface area contributed by atoms with Crippen molar-refractivity contribution in [3.05, 3.63) is 0 Å². The van der Waals surface area contributed by atoms with Gasteiger partial charge >= 0.3 is 0 Å². The van der Waals surface area contributed by atoms with E-state index in [4.69, 9.17) is 4.84 Å². The molecule has 0 N–H and O–H groups in total. The summed E-state index contributed by atoms with van der Waals surface area (Å²) in [4.78, 5) is 28.9. The number of nitrogens with zero attached hydrogens (tertiary/aromatic N) is 1. The molecule has 0 aromatic rings. The van der Waals surface area contributed by atoms with Gasteiger partial charge in [-0.3, -0.25) is 14.4 Å². The monoisotopic (exact) mass is 271 g/mol. The van der Waals surface area contributed by atoms with Gasteiger partial charge in [-0.15, -0.1) is 0 Å². The summed E-state index contributed by atoms with van der Waals surface area (Å²) in [7, 11) is 1.36. The minimum Gasteiger partial charge on any atom is -0.272 e. The van der Waals surface area contributed by atoms with Crippen molar-refractivity contribution >= 4 is 11.8 Å². The first-order valence-corrected chi connectivity index (χ1v) is 7.26. The second kappa shape index (κ2) is 9.08. The second-order valence-electron chi connectivity index (χ2n) is 5.94. The molecule has 0 aromatic heterocycles. The molecule has 0 heterocycles. The summed E-state index contributed by atoms with van der Waals surface area (Å²) in [6, 6.07) is 0. The lowest BCUT2D eigenvalue weighted by molar-refractivity contribution is -0.193. The number of carbonyl (C=O) groups excluding carboxylic acids is 2. The van der Waals surface area contributed by atoms with Crippen LogP contribution in [0.25, 0.3) is 0 Å². The van der Waals surface area contributed by atoms with E-state index in [0.717, 1.165) is 24.3 Å². The van der Waals surface area contributed by atoms with Crippen LogP contribution >= 0.6 is 0 Å². The molecule has 19 heavy (non-hydrogen) atoms. The van der Waals surface area contributed by atoms with E-state index >= 15 is 0 Å². The number of hydrogen-bond acceptors (Lipinski definition) is 3. The number of hydroxylamine groups is 2. The molecule has 0 radical (unpaired) electrons. The third-order valence-electron chi connectivity index (χ3n) is 2.98. The van der Waals surface area contributed by atoms with Crippen molar-refractivity contribution in [3.63, 3.8) is 0 Å². The fourth-order valence-corrected chi connectivity index (χ4v) is 1.76. The largest absolute Gasteiger partial charge is 0.272 e. The maximum Gasteiger partial charge on any atom is 0.258 e. The highest BCUT2D eigenvalue weighted by Gasteiger charge is 2.31. The molecule has 0 fully saturated rings. The summed E-state index contributed by atoms with van der Waals surface area (Å²) in [6.45, 7) is 7.51. The molecular formula is C15H29NO3. The van der Waals surface area contributed by atoms with Gasteiger partial charge < -0.3 is 0 Å². The molecule has 0 aliphatic carbocycles. The lowest BCUT2D eigenvalue weighted by atomic mass is 9.95. The van der Waals surface area contributed by atoms with Gasteiger partial charge in [0.15, 0.2) is 0 Å². The average Bonchev–Trinajstić information content (AvgIpc) is 2.33. The van der Waals surface area contributed by atoms with Crippen LogP contribution in [-0.2, 0) is 14.4 Å². The van der Waals surface area contributed by atoms with Crippen LogP contribution in [0.1, 0.15) is 72.6 Å². The quantitative estimate of drug-likeness (QED) is 0.499. The third kappa shape index (κ3) is 7.31. The Labute approximate surface area is 117 Å². The zero-order chi connectivity index (χ0) is 14.9. The van der Waals surface area contributed by atoms with Gasteiger partial charge in [0.2, 0.25) is 0 Å². The molecule has 0 aliphatic heterocycles. The van der Waals surface area contributed by atoms with Crippen molar-refractivity contribution in [2.24, 2.45) is 5.41 Å². The molecule has 0 aromatic carbocycles. The van der Waals surface area contributed by atoms with Crippen LogP contribution in [0.4, 0.5) is 0 Å². The predicted molar refractivity (Wildman–Crippen MR) is 76.3 cm³/mol. The van der Waals surface area contributed by atoms with E-state index in [1.165, 1.54) is 26.4 Å². The van der Waals surface area contributed by atoms with Gasteiger partial charge in [0.1, 0.15) is 0 Å². The molecule has 0 saturated carbocycles. The Balaban J connectivity index is 4.06. The number of carbonyl (C=O) groups is 2. The summed E-state index contributed by atoms with van der Waals surface area (Å²) in [5.41, 5.74) is -0.604. The Morgan fingerprint density at radius 3 is 2.00 bits per heavy atom. The highest BCUT2D eigenvalue weighted by atomic mass is 16.7. The van der Waals surface area contributed by atoms with E-state index in [9.17, 15) is 9.59 Å². The minimum absolute atomic E-state index is 0.238. The third-order valence-corrected chi connectivity index (χ3v) is 2.98. The minimum atomic E-state index is -0.604. The molecule has 2 amide bonds. The van der Waals surface area contributed by atoms with Gasteiger partial charge in [-0.05, 0) is 6.42 Å². The summed E-state index contributed by atoms with van der Waals surface area (Å²) >= 11 is 0. The zero-order valence-corrected chi connectivity index (χ0v) is 13.1. The predicted octanol–water partition coefficient (Wildman–Crippen LogP) is 3.70. The van der Waals surface area contributed by atoms with Crippen LogP contribution in [0.2, 0.25) is 0 Å². The summed E-state index contributed by atoms with van der Waals surface area (Å²) in [5, 5.41) is 0.909. The maximum absolute atomic E-state index is 12.0. The first kappa shape index (κ1) is 18.1. The highest BCUT2D eigenvalue weighted by Crippen LogP contribution is 2.18. The summed E-state index contributed by atoms with van der Waals surface area (Å²) in [5.74, 6) is -0.524. The van der Waals surface area contributed by atoms with Gasteiger partial charge in [0, 0.05) is 11.8 Å². The Morgan fingerprint density at radius 2 is 1.53 bits per heavy atom. The lowest BCUT2D eigenvalue weighted by Gasteiger charge is -2.25. The van der Waals surface area contributed by atoms with E-state index < -0.39 is 5.41 Å². The van der Waals surface area contributed by atoms with Gasteiger partial charge in [0.05, 0.1) is 7.11 Å². The number of imide groups is 1. The summed E-state index contributed by atoms with van der Waals surface area (Å²) in [6.07, 6.45) is 7.08. The van der Waals surface area contributed by atoms with Crippen molar-refractivity contribution in [1.29, 1.82) is 0 Å². The molecule has 0 unspecified atom stereocenters. The van der Waals surface area contributed by atoms with Crippen LogP contribution < -0.4 is 0 Å². The molecular weight excluding hydrogens is 242 g/mol. The standard InChI is InChI=1S/C15H29NO3/c1-6-7-8-9-10-11-12-13(17)16(19-5)14(18)15(2,3)4/h6-12H2,1-5H3. The molecule has 0 bridgehead atoms. The zero-order valence-electron chi connectivity index (χ0n) is 13.1. The highest BCUT2D eigenvalue weighted by molar-refractivity contribution is 5.96. The Hall–Kier alpha value is -0.900. The van der Waals surface area contributed by atoms with Gasteiger partial charge in [0.25, 0.3) is 11.8 Å². The van der Waals surface area contributed by atoms with Crippen LogP contribution in [-0.4, -0.2) is 24.0 Å². The van der Waals surface area contributed by atoms with E-state index in [2.05, 4.69) is 6.92 Å². The molecule has 4 heteroatoms. The fourth-order valence-electron chi connectivity index (χ4n) is 1.76. The summed E-state index contributed by atoms with van der Waals surface area (Å²) < 4.78 is 0. The van der Waals surface area contributed by atoms with Crippen molar-refractivity contribution < 1.29 is 14.4 Å². The van der Waals surface area contributed by atoms with E-state index in [-0.39, 0.29) is 11.8 Å². The number of hydrogen-bond donors (Lipinski definition) is 0. The van der Waals surface area contributed by atoms with Crippen molar-refractivity contribution in [2.45, 2.75) is 72.6 Å². The maximum atomic E-state index is 12.0. The number of rotatable bonds is 8. The van der Waals surface area contributed by atoms with E-state index in [0.29, 0.717) is 6.42 Å². The SMILES string of the molecule is CCCCCCCCC(=O)N(OC)C(=O)C(C)(C)C. The lowest BCUT2D eigenvalue weighted by Crippen LogP contribution is -2.42. The van der Waals surface area contributed by atoms with Crippen molar-refractivity contribution in [3.8, 4) is 0 Å². The van der Waals surface area contributed by atoms with Crippen LogP contribution in [0, 0.1) is 5.41 Å². The Kier molecular flexibility index (Phi) is 8.65. The number of unbranched alkanes of at least 4 members (excludes halogenated alkanes) is 5. The fraction of sp³-hybridized carbons (Fsp3) is 0.867. The number of amides is 2. The van der Waals surface area contributed by atoms with Gasteiger partial charge in [-0.2, -0.15) is 5.06 Å². The van der Waals surface area contributed by atoms with Crippen molar-refractivity contribution in [1.82, 2.24) is 5.06 Å². The average molecular weight is 271 g/mol. The second-order valence-corrected chi connectivity index (χ2v) is 5.94. The first-order chi connectivity index (χ1) is 8.84. The molecule has 0 saturated heterocycles. The molecule has 112 valence electrons. The topological polar surface area (TPSA) is 46.6 Å². The van der Waals surface area contributed by atoms with E-state index in [1.54, 1.807) is 20.8 Å². The molecule has 4 nitrogen and oxygen atoms in total. The Bertz CT molecular complexity index is 282. The van der Waals surface area contributed by atoms with Crippen LogP contribution in [0.15, 0.2) is 0 Å².